The fourth-order valence-electron chi connectivity index (χ4n) is 2.19. The Balaban J connectivity index is 2.10. The van der Waals surface area contributed by atoms with Gasteiger partial charge in [-0.3, -0.25) is 14.4 Å². The highest BCUT2D eigenvalue weighted by molar-refractivity contribution is 6.05. The number of rotatable bonds is 5. The van der Waals surface area contributed by atoms with Gasteiger partial charge in [0.25, 0.3) is 5.91 Å². The summed E-state index contributed by atoms with van der Waals surface area (Å²) in [4.78, 5) is 35.2. The summed E-state index contributed by atoms with van der Waals surface area (Å²) in [6.07, 6.45) is 1.49. The number of nitrogens with one attached hydrogen (secondary N) is 2. The summed E-state index contributed by atoms with van der Waals surface area (Å²) in [6.45, 7) is 4.96. The molecular formula is C20H20N2O4. The van der Waals surface area contributed by atoms with E-state index < -0.39 is 5.97 Å². The summed E-state index contributed by atoms with van der Waals surface area (Å²) in [5.74, 6) is -0.746. The number of benzene rings is 2. The van der Waals surface area contributed by atoms with Crippen molar-refractivity contribution in [3.8, 4) is 5.75 Å². The lowest BCUT2D eigenvalue weighted by molar-refractivity contribution is -0.131. The fourth-order valence-corrected chi connectivity index (χ4v) is 2.19. The normalized spacial score (nSPS) is 9.81. The van der Waals surface area contributed by atoms with Crippen molar-refractivity contribution in [1.82, 2.24) is 0 Å². The van der Waals surface area contributed by atoms with E-state index in [2.05, 4.69) is 10.6 Å². The molecule has 134 valence electrons. The minimum atomic E-state index is -0.456. The maximum atomic E-state index is 12.4. The Morgan fingerprint density at radius 2 is 1.54 bits per heavy atom. The van der Waals surface area contributed by atoms with Gasteiger partial charge in [-0.15, -0.1) is 0 Å². The van der Waals surface area contributed by atoms with Crippen molar-refractivity contribution in [2.75, 3.05) is 10.6 Å². The largest absolute Gasteiger partial charge is 0.427 e. The molecule has 2 amide bonds. The summed E-state index contributed by atoms with van der Waals surface area (Å²) in [5.41, 5.74) is 2.34. The van der Waals surface area contributed by atoms with Crippen molar-refractivity contribution in [3.63, 3.8) is 0 Å². The number of hydrogen-bond acceptors (Lipinski definition) is 4. The summed E-state index contributed by atoms with van der Waals surface area (Å²) >= 11 is 0. The molecule has 6 heteroatoms. The highest BCUT2D eigenvalue weighted by Crippen LogP contribution is 2.18. The number of carbonyl (C=O) groups is 3. The topological polar surface area (TPSA) is 84.5 Å². The van der Waals surface area contributed by atoms with E-state index in [0.29, 0.717) is 22.7 Å². The van der Waals surface area contributed by atoms with E-state index in [1.54, 1.807) is 42.5 Å². The standard InChI is InChI=1S/C20H20N2O4/c1-13(2)10-19(24)21-16-7-5-8-17(12-16)22-20(25)15-6-4-9-18(11-15)26-14(3)23/h4-12H,1-3H3,(H,21,24)(H,22,25). The van der Waals surface area contributed by atoms with Crippen molar-refractivity contribution in [1.29, 1.82) is 0 Å². The number of carbonyl (C=O) groups excluding carboxylic acids is 3. The number of amides is 2. The average Bonchev–Trinajstić information content (AvgIpc) is 2.54. The van der Waals surface area contributed by atoms with Crippen LogP contribution in [0.5, 0.6) is 5.75 Å². The van der Waals surface area contributed by atoms with E-state index in [4.69, 9.17) is 4.74 Å². The van der Waals surface area contributed by atoms with E-state index in [-0.39, 0.29) is 11.8 Å². The molecule has 0 heterocycles. The minimum Gasteiger partial charge on any atom is -0.427 e. The molecule has 0 bridgehead atoms. The number of ether oxygens (including phenoxy) is 1. The maximum Gasteiger partial charge on any atom is 0.308 e. The number of hydrogen-bond donors (Lipinski definition) is 2. The van der Waals surface area contributed by atoms with Crippen LogP contribution in [0.3, 0.4) is 0 Å². The predicted molar refractivity (Wildman–Crippen MR) is 100 cm³/mol. The summed E-state index contributed by atoms with van der Waals surface area (Å²) < 4.78 is 4.98. The first kappa shape index (κ1) is 18.9. The van der Waals surface area contributed by atoms with Crippen LogP contribution in [0, 0.1) is 0 Å². The predicted octanol–water partition coefficient (Wildman–Crippen LogP) is 3.77. The van der Waals surface area contributed by atoms with Gasteiger partial charge < -0.3 is 15.4 Å². The molecule has 2 aromatic carbocycles. The third kappa shape index (κ3) is 5.90. The molecule has 2 N–H and O–H groups in total. The van der Waals surface area contributed by atoms with Crippen LogP contribution in [0.15, 0.2) is 60.2 Å². The van der Waals surface area contributed by atoms with Gasteiger partial charge in [-0.05, 0) is 50.2 Å². The van der Waals surface area contributed by atoms with Gasteiger partial charge in [-0.25, -0.2) is 0 Å². The molecule has 0 spiro atoms. The molecule has 0 saturated carbocycles. The van der Waals surface area contributed by atoms with Crippen LogP contribution in [0.4, 0.5) is 11.4 Å². The van der Waals surface area contributed by atoms with E-state index in [9.17, 15) is 14.4 Å². The van der Waals surface area contributed by atoms with Gasteiger partial charge in [0.1, 0.15) is 5.75 Å². The van der Waals surface area contributed by atoms with Crippen LogP contribution in [0.2, 0.25) is 0 Å². The summed E-state index contributed by atoms with van der Waals surface area (Å²) in [7, 11) is 0. The van der Waals surface area contributed by atoms with E-state index in [1.807, 2.05) is 13.8 Å². The van der Waals surface area contributed by atoms with Crippen LogP contribution >= 0.6 is 0 Å². The molecule has 0 aliphatic carbocycles. The Bertz CT molecular complexity index is 868. The molecule has 0 unspecified atom stereocenters. The maximum absolute atomic E-state index is 12.4. The summed E-state index contributed by atoms with van der Waals surface area (Å²) in [5, 5.41) is 5.48. The zero-order valence-corrected chi connectivity index (χ0v) is 14.8. The monoisotopic (exact) mass is 352 g/mol. The molecule has 2 rings (SSSR count). The third-order valence-corrected chi connectivity index (χ3v) is 3.17. The van der Waals surface area contributed by atoms with Crippen molar-refractivity contribution < 1.29 is 19.1 Å². The molecule has 26 heavy (non-hydrogen) atoms. The van der Waals surface area contributed by atoms with Gasteiger partial charge in [0.15, 0.2) is 0 Å². The van der Waals surface area contributed by atoms with Crippen molar-refractivity contribution >= 4 is 29.2 Å². The molecule has 0 aliphatic rings. The van der Waals surface area contributed by atoms with Crippen LogP contribution < -0.4 is 15.4 Å². The highest BCUT2D eigenvalue weighted by atomic mass is 16.5. The first-order valence-corrected chi connectivity index (χ1v) is 7.99. The van der Waals surface area contributed by atoms with E-state index in [0.717, 1.165) is 5.57 Å². The van der Waals surface area contributed by atoms with Crippen LogP contribution in [0.1, 0.15) is 31.1 Å². The Morgan fingerprint density at radius 1 is 0.885 bits per heavy atom. The van der Waals surface area contributed by atoms with Crippen LogP contribution in [-0.4, -0.2) is 17.8 Å². The zero-order valence-electron chi connectivity index (χ0n) is 14.8. The smallest absolute Gasteiger partial charge is 0.308 e. The zero-order chi connectivity index (χ0) is 19.1. The third-order valence-electron chi connectivity index (χ3n) is 3.17. The van der Waals surface area contributed by atoms with Gasteiger partial charge >= 0.3 is 5.97 Å². The molecule has 0 aromatic heterocycles. The Kier molecular flexibility index (Phi) is 6.27. The number of allylic oxidation sites excluding steroid dienone is 1. The van der Waals surface area contributed by atoms with E-state index >= 15 is 0 Å². The highest BCUT2D eigenvalue weighted by Gasteiger charge is 2.09. The molecule has 0 saturated heterocycles. The Labute approximate surface area is 151 Å². The van der Waals surface area contributed by atoms with Crippen LogP contribution in [0.25, 0.3) is 0 Å². The first-order chi connectivity index (χ1) is 12.3. The van der Waals surface area contributed by atoms with Crippen molar-refractivity contribution in [3.05, 3.63) is 65.7 Å². The lowest BCUT2D eigenvalue weighted by atomic mass is 10.2. The van der Waals surface area contributed by atoms with Crippen LogP contribution in [-0.2, 0) is 9.59 Å². The fraction of sp³-hybridized carbons (Fsp3) is 0.150. The second kappa shape index (κ2) is 8.62. The van der Waals surface area contributed by atoms with Gasteiger partial charge in [0.2, 0.25) is 5.91 Å². The number of esters is 1. The average molecular weight is 352 g/mol. The molecule has 6 nitrogen and oxygen atoms in total. The van der Waals surface area contributed by atoms with Gasteiger partial charge in [-0.2, -0.15) is 0 Å². The molecule has 0 fully saturated rings. The molecular weight excluding hydrogens is 332 g/mol. The number of anilines is 2. The Hall–Kier alpha value is -3.41. The SMILES string of the molecule is CC(=O)Oc1cccc(C(=O)Nc2cccc(NC(=O)C=C(C)C)c2)c1. The van der Waals surface area contributed by atoms with E-state index in [1.165, 1.54) is 19.1 Å². The van der Waals surface area contributed by atoms with Gasteiger partial charge in [-0.1, -0.05) is 17.7 Å². The minimum absolute atomic E-state index is 0.234. The van der Waals surface area contributed by atoms with Gasteiger partial charge in [0, 0.05) is 29.9 Å². The van der Waals surface area contributed by atoms with Crippen molar-refractivity contribution in [2.24, 2.45) is 0 Å². The lowest BCUT2D eigenvalue weighted by Gasteiger charge is -2.09. The quantitative estimate of drug-likeness (QED) is 0.487. The first-order valence-electron chi connectivity index (χ1n) is 7.99. The molecule has 0 aliphatic heterocycles. The second-order valence-electron chi connectivity index (χ2n) is 5.87. The molecule has 0 radical (unpaired) electrons. The van der Waals surface area contributed by atoms with Crippen molar-refractivity contribution in [2.45, 2.75) is 20.8 Å². The summed E-state index contributed by atoms with van der Waals surface area (Å²) in [6, 6.07) is 13.1. The van der Waals surface area contributed by atoms with Gasteiger partial charge in [0.05, 0.1) is 0 Å². The Morgan fingerprint density at radius 3 is 2.19 bits per heavy atom. The lowest BCUT2D eigenvalue weighted by Crippen LogP contribution is -2.13. The molecule has 0 atom stereocenters. The second-order valence-corrected chi connectivity index (χ2v) is 5.87. The molecule has 2 aromatic rings.